The number of rotatable bonds is 6. The predicted octanol–water partition coefficient (Wildman–Crippen LogP) is 3.32. The molecular weight excluding hydrogens is 370 g/mol. The van der Waals surface area contributed by atoms with Gasteiger partial charge in [0, 0.05) is 37.6 Å². The highest BCUT2D eigenvalue weighted by molar-refractivity contribution is 8.00. The second kappa shape index (κ2) is 9.64. The Kier molecular flexibility index (Phi) is 6.98. The van der Waals surface area contributed by atoms with Gasteiger partial charge in [-0.25, -0.2) is 0 Å². The molecule has 3 rings (SSSR count). The molecule has 0 aromatic heterocycles. The maximum Gasteiger partial charge on any atom is 0.234 e. The monoisotopic (exact) mass is 397 g/mol. The van der Waals surface area contributed by atoms with Crippen LogP contribution < -0.4 is 10.2 Å². The van der Waals surface area contributed by atoms with Gasteiger partial charge in [0.2, 0.25) is 11.8 Å². The van der Waals surface area contributed by atoms with Crippen LogP contribution in [-0.2, 0) is 9.59 Å². The molecule has 1 heterocycles. The van der Waals surface area contributed by atoms with Crippen LogP contribution in [0.4, 0.5) is 11.4 Å². The fraction of sp³-hybridized carbons (Fsp3) is 0.364. The molecule has 0 spiro atoms. The van der Waals surface area contributed by atoms with E-state index in [-0.39, 0.29) is 17.6 Å². The molecule has 0 unspecified atom stereocenters. The molecule has 2 aromatic carbocycles. The number of anilines is 2. The predicted molar refractivity (Wildman–Crippen MR) is 117 cm³/mol. The summed E-state index contributed by atoms with van der Waals surface area (Å²) in [6.07, 6.45) is 0. The number of piperazine rings is 1. The molecule has 6 heteroatoms. The van der Waals surface area contributed by atoms with Crippen molar-refractivity contribution >= 4 is 35.0 Å². The van der Waals surface area contributed by atoms with Crippen molar-refractivity contribution in [2.24, 2.45) is 0 Å². The van der Waals surface area contributed by atoms with Crippen LogP contribution in [0.3, 0.4) is 0 Å². The highest BCUT2D eigenvalue weighted by atomic mass is 32.2. The zero-order valence-corrected chi connectivity index (χ0v) is 17.3. The Bertz CT molecular complexity index is 832. The molecule has 1 saturated heterocycles. The average Bonchev–Trinajstić information content (AvgIpc) is 2.68. The van der Waals surface area contributed by atoms with Gasteiger partial charge in [-0.1, -0.05) is 30.3 Å². The first-order chi connectivity index (χ1) is 13.5. The van der Waals surface area contributed by atoms with Gasteiger partial charge in [-0.2, -0.15) is 0 Å². The third kappa shape index (κ3) is 5.52. The number of para-hydroxylation sites is 1. The van der Waals surface area contributed by atoms with Gasteiger partial charge in [0.05, 0.1) is 11.5 Å². The molecule has 1 aliphatic rings. The largest absolute Gasteiger partial charge is 0.368 e. The van der Waals surface area contributed by atoms with E-state index >= 15 is 0 Å². The zero-order chi connectivity index (χ0) is 19.9. The Morgan fingerprint density at radius 2 is 1.71 bits per heavy atom. The maximum absolute atomic E-state index is 12.4. The van der Waals surface area contributed by atoms with Gasteiger partial charge < -0.3 is 15.1 Å². The van der Waals surface area contributed by atoms with E-state index in [2.05, 4.69) is 35.3 Å². The number of amides is 2. The average molecular weight is 398 g/mol. The van der Waals surface area contributed by atoms with Crippen LogP contribution in [0.1, 0.15) is 11.1 Å². The number of thioether (sulfide) groups is 1. The molecule has 148 valence electrons. The Labute approximate surface area is 171 Å². The number of aryl methyl sites for hydroxylation is 2. The fourth-order valence-electron chi connectivity index (χ4n) is 3.36. The summed E-state index contributed by atoms with van der Waals surface area (Å²) in [5, 5.41) is 2.87. The fourth-order valence-corrected chi connectivity index (χ4v) is 4.07. The Morgan fingerprint density at radius 3 is 2.43 bits per heavy atom. The van der Waals surface area contributed by atoms with Crippen LogP contribution >= 0.6 is 11.8 Å². The van der Waals surface area contributed by atoms with Crippen molar-refractivity contribution in [3.05, 3.63) is 59.7 Å². The molecule has 1 aliphatic heterocycles. The van der Waals surface area contributed by atoms with Gasteiger partial charge in [-0.15, -0.1) is 11.8 Å². The van der Waals surface area contributed by atoms with Crippen molar-refractivity contribution in [1.82, 2.24) is 4.90 Å². The first-order valence-electron chi connectivity index (χ1n) is 9.55. The van der Waals surface area contributed by atoms with E-state index in [9.17, 15) is 9.59 Å². The van der Waals surface area contributed by atoms with E-state index in [0.29, 0.717) is 5.75 Å². The lowest BCUT2D eigenvalue weighted by Gasteiger charge is -2.36. The van der Waals surface area contributed by atoms with E-state index in [0.717, 1.165) is 37.4 Å². The quantitative estimate of drug-likeness (QED) is 0.812. The Morgan fingerprint density at radius 1 is 0.964 bits per heavy atom. The van der Waals surface area contributed by atoms with Crippen molar-refractivity contribution in [1.29, 1.82) is 0 Å². The number of carbonyl (C=O) groups is 2. The number of carbonyl (C=O) groups excluding carboxylic acids is 2. The molecule has 1 fully saturated rings. The molecule has 2 aromatic rings. The van der Waals surface area contributed by atoms with Crippen LogP contribution in [0.25, 0.3) is 0 Å². The van der Waals surface area contributed by atoms with E-state index in [1.165, 1.54) is 23.0 Å². The summed E-state index contributed by atoms with van der Waals surface area (Å²) < 4.78 is 0. The summed E-state index contributed by atoms with van der Waals surface area (Å²) in [6, 6.07) is 16.1. The summed E-state index contributed by atoms with van der Waals surface area (Å²) in [7, 11) is 0. The van der Waals surface area contributed by atoms with Gasteiger partial charge in [-0.3, -0.25) is 9.59 Å². The highest BCUT2D eigenvalue weighted by Crippen LogP contribution is 2.21. The second-order valence-electron chi connectivity index (χ2n) is 7.06. The minimum atomic E-state index is -0.0761. The van der Waals surface area contributed by atoms with Crippen LogP contribution in [0.15, 0.2) is 48.5 Å². The second-order valence-corrected chi connectivity index (χ2v) is 8.05. The first-order valence-corrected chi connectivity index (χ1v) is 10.7. The van der Waals surface area contributed by atoms with Gasteiger partial charge >= 0.3 is 0 Å². The van der Waals surface area contributed by atoms with Gasteiger partial charge in [0.15, 0.2) is 0 Å². The molecule has 0 radical (unpaired) electrons. The highest BCUT2D eigenvalue weighted by Gasteiger charge is 2.22. The summed E-state index contributed by atoms with van der Waals surface area (Å²) in [6.45, 7) is 7.24. The lowest BCUT2D eigenvalue weighted by molar-refractivity contribution is -0.128. The third-order valence-corrected chi connectivity index (χ3v) is 5.77. The van der Waals surface area contributed by atoms with Crippen molar-refractivity contribution in [3.63, 3.8) is 0 Å². The minimum Gasteiger partial charge on any atom is -0.368 e. The first kappa shape index (κ1) is 20.3. The van der Waals surface area contributed by atoms with Crippen LogP contribution in [0, 0.1) is 13.8 Å². The summed E-state index contributed by atoms with van der Waals surface area (Å²) >= 11 is 1.37. The zero-order valence-electron chi connectivity index (χ0n) is 16.5. The van der Waals surface area contributed by atoms with Gasteiger partial charge in [0.1, 0.15) is 0 Å². The summed E-state index contributed by atoms with van der Waals surface area (Å²) in [5.74, 6) is 0.652. The minimum absolute atomic E-state index is 0.0761. The Balaban J connectivity index is 1.39. The Hall–Kier alpha value is -2.47. The SMILES string of the molecule is Cc1cccc(NC(=O)CSCC(=O)N2CCN(c3ccccc3C)CC2)c1. The molecule has 28 heavy (non-hydrogen) atoms. The van der Waals surface area contributed by atoms with Gasteiger partial charge in [-0.05, 0) is 43.2 Å². The van der Waals surface area contributed by atoms with E-state index in [1.54, 1.807) is 0 Å². The van der Waals surface area contributed by atoms with Crippen LogP contribution in [0.5, 0.6) is 0 Å². The molecule has 2 amide bonds. The third-order valence-electron chi connectivity index (χ3n) is 4.85. The number of benzene rings is 2. The molecule has 5 nitrogen and oxygen atoms in total. The topological polar surface area (TPSA) is 52.7 Å². The lowest BCUT2D eigenvalue weighted by Crippen LogP contribution is -2.49. The summed E-state index contributed by atoms with van der Waals surface area (Å²) in [4.78, 5) is 28.7. The van der Waals surface area contributed by atoms with Crippen molar-refractivity contribution in [2.75, 3.05) is 47.9 Å². The molecular formula is C22H27N3O2S. The number of nitrogens with one attached hydrogen (secondary N) is 1. The van der Waals surface area contributed by atoms with Crippen molar-refractivity contribution in [3.8, 4) is 0 Å². The smallest absolute Gasteiger partial charge is 0.234 e. The molecule has 0 bridgehead atoms. The maximum atomic E-state index is 12.4. The van der Waals surface area contributed by atoms with Crippen LogP contribution in [-0.4, -0.2) is 54.4 Å². The van der Waals surface area contributed by atoms with Crippen molar-refractivity contribution < 1.29 is 9.59 Å². The van der Waals surface area contributed by atoms with E-state index in [4.69, 9.17) is 0 Å². The number of hydrogen-bond acceptors (Lipinski definition) is 4. The molecule has 0 saturated carbocycles. The normalized spacial score (nSPS) is 14.1. The number of hydrogen-bond donors (Lipinski definition) is 1. The van der Waals surface area contributed by atoms with Gasteiger partial charge in [0.25, 0.3) is 0 Å². The molecule has 1 N–H and O–H groups in total. The van der Waals surface area contributed by atoms with Crippen molar-refractivity contribution in [2.45, 2.75) is 13.8 Å². The van der Waals surface area contributed by atoms with Crippen LogP contribution in [0.2, 0.25) is 0 Å². The standard InChI is InChI=1S/C22H27N3O2S/c1-17-6-5-8-19(14-17)23-21(26)15-28-16-22(27)25-12-10-24(11-13-25)20-9-4-3-7-18(20)2/h3-9,14H,10-13,15-16H2,1-2H3,(H,23,26). The number of nitrogens with zero attached hydrogens (tertiary/aromatic N) is 2. The lowest BCUT2D eigenvalue weighted by atomic mass is 10.1. The van der Waals surface area contributed by atoms with E-state index < -0.39 is 0 Å². The molecule has 0 aliphatic carbocycles. The van der Waals surface area contributed by atoms with E-state index in [1.807, 2.05) is 42.2 Å². The summed E-state index contributed by atoms with van der Waals surface area (Å²) in [5.41, 5.74) is 4.41. The molecule has 0 atom stereocenters.